The molecule has 9 heteroatoms. The highest BCUT2D eigenvalue weighted by molar-refractivity contribution is 7.98. The van der Waals surface area contributed by atoms with Crippen molar-refractivity contribution in [2.75, 3.05) is 6.26 Å². The molecule has 130 valence electrons. The van der Waals surface area contributed by atoms with Crippen LogP contribution >= 0.6 is 23.4 Å². The monoisotopic (exact) mass is 380 g/mol. The van der Waals surface area contributed by atoms with Crippen molar-refractivity contribution in [3.8, 4) is 5.75 Å². The van der Waals surface area contributed by atoms with E-state index in [2.05, 4.69) is 15.3 Å². The second-order valence-corrected chi connectivity index (χ2v) is 6.14. The summed E-state index contributed by atoms with van der Waals surface area (Å²) in [5.41, 5.74) is 0. The number of nitrogens with zero attached hydrogens (tertiary/aromatic N) is 4. The Morgan fingerprint density at radius 2 is 2.20 bits per heavy atom. The number of rotatable bonds is 6. The van der Waals surface area contributed by atoms with Crippen molar-refractivity contribution in [2.45, 2.75) is 18.7 Å². The van der Waals surface area contributed by atoms with Crippen molar-refractivity contribution < 1.29 is 13.5 Å². The van der Waals surface area contributed by atoms with Gasteiger partial charge in [0.1, 0.15) is 29.7 Å². The van der Waals surface area contributed by atoms with Crippen LogP contribution in [-0.4, -0.2) is 27.3 Å². The molecule has 0 unspecified atom stereocenters. The third-order valence-corrected chi connectivity index (χ3v) is 4.11. The standard InChI is InChI=1S/C16H14ClFN4O2S/c1-10-20-21-16(25-2)22(10)19-8-12-3-4-13(24-12)9-23-11-5-6-15(18)14(17)7-11/h3-8H,9H2,1-2H3. The van der Waals surface area contributed by atoms with Crippen molar-refractivity contribution in [3.05, 3.63) is 58.5 Å². The van der Waals surface area contributed by atoms with Gasteiger partial charge in [0.15, 0.2) is 5.82 Å². The molecule has 0 amide bonds. The Hall–Kier alpha value is -2.32. The molecule has 3 aromatic rings. The Kier molecular flexibility index (Phi) is 5.40. The molecule has 2 aromatic heterocycles. The van der Waals surface area contributed by atoms with Crippen LogP contribution in [0, 0.1) is 12.7 Å². The van der Waals surface area contributed by atoms with E-state index < -0.39 is 5.82 Å². The molecule has 0 spiro atoms. The average Bonchev–Trinajstić information content (AvgIpc) is 3.20. The van der Waals surface area contributed by atoms with E-state index in [0.29, 0.717) is 28.3 Å². The highest BCUT2D eigenvalue weighted by atomic mass is 35.5. The van der Waals surface area contributed by atoms with Crippen molar-refractivity contribution >= 4 is 29.6 Å². The predicted octanol–water partition coefficient (Wildman–Crippen LogP) is 4.16. The number of halogens is 2. The molecule has 0 saturated heterocycles. The number of furan rings is 1. The number of aryl methyl sites for hydroxylation is 1. The molecule has 25 heavy (non-hydrogen) atoms. The molecule has 2 heterocycles. The van der Waals surface area contributed by atoms with E-state index in [9.17, 15) is 4.39 Å². The first-order chi connectivity index (χ1) is 12.1. The minimum Gasteiger partial charge on any atom is -0.486 e. The minimum atomic E-state index is -0.487. The molecule has 1 aromatic carbocycles. The third kappa shape index (κ3) is 4.21. The van der Waals surface area contributed by atoms with E-state index in [4.69, 9.17) is 20.8 Å². The van der Waals surface area contributed by atoms with Gasteiger partial charge in [0.05, 0.1) is 11.2 Å². The fourth-order valence-electron chi connectivity index (χ4n) is 1.98. The van der Waals surface area contributed by atoms with Gasteiger partial charge in [-0.25, -0.2) is 4.39 Å². The summed E-state index contributed by atoms with van der Waals surface area (Å²) >= 11 is 7.17. The molecule has 0 N–H and O–H groups in total. The Morgan fingerprint density at radius 1 is 1.36 bits per heavy atom. The van der Waals surface area contributed by atoms with Gasteiger partial charge in [0, 0.05) is 6.07 Å². The van der Waals surface area contributed by atoms with Crippen LogP contribution in [0.25, 0.3) is 0 Å². The van der Waals surface area contributed by atoms with Gasteiger partial charge in [-0.2, -0.15) is 9.78 Å². The minimum absolute atomic E-state index is 0.0127. The molecular weight excluding hydrogens is 367 g/mol. The molecule has 0 fully saturated rings. The van der Waals surface area contributed by atoms with Crippen molar-refractivity contribution in [1.82, 2.24) is 14.9 Å². The molecule has 0 atom stereocenters. The summed E-state index contributed by atoms with van der Waals surface area (Å²) in [6, 6.07) is 7.73. The SMILES string of the molecule is CSc1nnc(C)n1N=Cc1ccc(COc2ccc(F)c(Cl)c2)o1. The van der Waals surface area contributed by atoms with Crippen LogP contribution in [-0.2, 0) is 6.61 Å². The Morgan fingerprint density at radius 3 is 2.96 bits per heavy atom. The maximum absolute atomic E-state index is 13.1. The van der Waals surface area contributed by atoms with Gasteiger partial charge in [-0.3, -0.25) is 0 Å². The predicted molar refractivity (Wildman–Crippen MR) is 94.0 cm³/mol. The summed E-state index contributed by atoms with van der Waals surface area (Å²) in [6.07, 6.45) is 3.48. The largest absolute Gasteiger partial charge is 0.486 e. The van der Waals surface area contributed by atoms with Crippen LogP contribution in [0.2, 0.25) is 5.02 Å². The summed E-state index contributed by atoms with van der Waals surface area (Å²) in [6.45, 7) is 2.01. The second kappa shape index (κ2) is 7.71. The number of aromatic nitrogens is 3. The van der Waals surface area contributed by atoms with Crippen LogP contribution in [0.5, 0.6) is 5.75 Å². The van der Waals surface area contributed by atoms with Crippen LogP contribution in [0.1, 0.15) is 17.3 Å². The van der Waals surface area contributed by atoms with E-state index >= 15 is 0 Å². The Labute approximate surface area is 152 Å². The maximum atomic E-state index is 13.1. The number of hydrogen-bond acceptors (Lipinski definition) is 6. The molecular formula is C16H14ClFN4O2S. The highest BCUT2D eigenvalue weighted by Crippen LogP contribution is 2.22. The smallest absolute Gasteiger partial charge is 0.211 e. The lowest BCUT2D eigenvalue weighted by atomic mass is 10.3. The van der Waals surface area contributed by atoms with Gasteiger partial charge >= 0.3 is 0 Å². The summed E-state index contributed by atoms with van der Waals surface area (Å²) in [7, 11) is 0. The maximum Gasteiger partial charge on any atom is 0.211 e. The van der Waals surface area contributed by atoms with E-state index in [0.717, 1.165) is 0 Å². The normalized spacial score (nSPS) is 11.4. The van der Waals surface area contributed by atoms with Crippen LogP contribution in [0.15, 0.2) is 45.0 Å². The topological polar surface area (TPSA) is 65.4 Å². The first kappa shape index (κ1) is 17.5. The van der Waals surface area contributed by atoms with Gasteiger partial charge < -0.3 is 9.15 Å². The highest BCUT2D eigenvalue weighted by Gasteiger charge is 2.07. The van der Waals surface area contributed by atoms with Gasteiger partial charge in [0.25, 0.3) is 0 Å². The Bertz CT molecular complexity index is 909. The summed E-state index contributed by atoms with van der Waals surface area (Å²) in [4.78, 5) is 0. The quantitative estimate of drug-likeness (QED) is 0.474. The van der Waals surface area contributed by atoms with Gasteiger partial charge in [-0.15, -0.1) is 10.2 Å². The number of ether oxygens (including phenoxy) is 1. The molecule has 0 aliphatic rings. The lowest BCUT2D eigenvalue weighted by Gasteiger charge is -2.04. The zero-order chi connectivity index (χ0) is 17.8. The van der Waals surface area contributed by atoms with Crippen LogP contribution in [0.4, 0.5) is 4.39 Å². The third-order valence-electron chi connectivity index (χ3n) is 3.21. The lowest BCUT2D eigenvalue weighted by molar-refractivity contribution is 0.269. The van der Waals surface area contributed by atoms with Gasteiger partial charge in [-0.1, -0.05) is 23.4 Å². The number of benzene rings is 1. The summed E-state index contributed by atoms with van der Waals surface area (Å²) in [5, 5.41) is 13.0. The average molecular weight is 381 g/mol. The van der Waals surface area contributed by atoms with E-state index in [1.165, 1.54) is 30.0 Å². The number of hydrogen-bond donors (Lipinski definition) is 0. The first-order valence-corrected chi connectivity index (χ1v) is 8.84. The second-order valence-electron chi connectivity index (χ2n) is 4.96. The molecule has 0 aliphatic heterocycles. The summed E-state index contributed by atoms with van der Waals surface area (Å²) in [5.74, 6) is 1.83. The first-order valence-electron chi connectivity index (χ1n) is 7.23. The van der Waals surface area contributed by atoms with Gasteiger partial charge in [-0.05, 0) is 37.4 Å². The van der Waals surface area contributed by atoms with E-state index in [1.807, 2.05) is 13.2 Å². The Balaban J connectivity index is 1.65. The lowest BCUT2D eigenvalue weighted by Crippen LogP contribution is -1.95. The van der Waals surface area contributed by atoms with Crippen molar-refractivity contribution in [3.63, 3.8) is 0 Å². The molecule has 0 radical (unpaired) electrons. The molecule has 3 rings (SSSR count). The number of thioether (sulfide) groups is 1. The molecule has 0 saturated carbocycles. The summed E-state index contributed by atoms with van der Waals surface area (Å²) < 4.78 is 25.9. The van der Waals surface area contributed by atoms with Crippen molar-refractivity contribution in [2.24, 2.45) is 5.10 Å². The molecule has 0 bridgehead atoms. The van der Waals surface area contributed by atoms with Crippen LogP contribution in [0.3, 0.4) is 0 Å². The fraction of sp³-hybridized carbons (Fsp3) is 0.188. The van der Waals surface area contributed by atoms with E-state index in [1.54, 1.807) is 23.0 Å². The van der Waals surface area contributed by atoms with Crippen LogP contribution < -0.4 is 4.74 Å². The molecule has 6 nitrogen and oxygen atoms in total. The fourth-order valence-corrected chi connectivity index (χ4v) is 2.62. The molecule has 0 aliphatic carbocycles. The zero-order valence-electron chi connectivity index (χ0n) is 13.4. The van der Waals surface area contributed by atoms with E-state index in [-0.39, 0.29) is 11.6 Å². The van der Waals surface area contributed by atoms with Gasteiger partial charge in [0.2, 0.25) is 5.16 Å². The zero-order valence-corrected chi connectivity index (χ0v) is 15.0. The van der Waals surface area contributed by atoms with Crippen molar-refractivity contribution in [1.29, 1.82) is 0 Å².